The second-order valence-electron chi connectivity index (χ2n) is 5.86. The van der Waals surface area contributed by atoms with Crippen LogP contribution in [0.25, 0.3) is 11.5 Å². The highest BCUT2D eigenvalue weighted by Gasteiger charge is 2.19. The number of nitrogens with zero attached hydrogens (tertiary/aromatic N) is 3. The molecular formula is C16H23N3O3. The molecule has 1 heterocycles. The largest absolute Gasteiger partial charge is 0.497 e. The second-order valence-corrected chi connectivity index (χ2v) is 5.86. The standard InChI is InChI=1S/C16H23N3O3/c1-5-19(11-16(2,3)20)10-14-17-15(22-18-14)12-6-8-13(21-4)9-7-12/h6-9,20H,5,10-11H2,1-4H3. The van der Waals surface area contributed by atoms with Crippen molar-refractivity contribution in [1.82, 2.24) is 15.0 Å². The first-order chi connectivity index (χ1) is 10.4. The minimum absolute atomic E-state index is 0.483. The fourth-order valence-corrected chi connectivity index (χ4v) is 2.20. The molecule has 1 N–H and O–H groups in total. The summed E-state index contributed by atoms with van der Waals surface area (Å²) in [6.45, 7) is 7.51. The lowest BCUT2D eigenvalue weighted by atomic mass is 10.1. The SMILES string of the molecule is CCN(Cc1noc(-c2ccc(OC)cc2)n1)CC(C)(C)O. The van der Waals surface area contributed by atoms with Gasteiger partial charge in [0.25, 0.3) is 5.89 Å². The number of likely N-dealkylation sites (N-methyl/N-ethyl adjacent to an activating group) is 1. The summed E-state index contributed by atoms with van der Waals surface area (Å²) in [5.41, 5.74) is 0.101. The van der Waals surface area contributed by atoms with Gasteiger partial charge < -0.3 is 14.4 Å². The van der Waals surface area contributed by atoms with Crippen LogP contribution in [0, 0.1) is 0 Å². The van der Waals surface area contributed by atoms with Gasteiger partial charge in [0.2, 0.25) is 0 Å². The summed E-state index contributed by atoms with van der Waals surface area (Å²) in [6, 6.07) is 7.47. The normalized spacial score (nSPS) is 11.9. The molecular weight excluding hydrogens is 282 g/mol. The molecule has 2 rings (SSSR count). The molecule has 0 aliphatic carbocycles. The molecule has 6 heteroatoms. The van der Waals surface area contributed by atoms with Gasteiger partial charge in [-0.15, -0.1) is 0 Å². The average Bonchev–Trinajstić information content (AvgIpc) is 2.93. The van der Waals surface area contributed by atoms with Crippen LogP contribution in [0.5, 0.6) is 5.75 Å². The quantitative estimate of drug-likeness (QED) is 0.846. The smallest absolute Gasteiger partial charge is 0.257 e. The summed E-state index contributed by atoms with van der Waals surface area (Å²) in [5, 5.41) is 13.9. The zero-order valence-electron chi connectivity index (χ0n) is 13.5. The third-order valence-electron chi connectivity index (χ3n) is 3.23. The van der Waals surface area contributed by atoms with Crippen LogP contribution in [0.3, 0.4) is 0 Å². The maximum atomic E-state index is 9.91. The first-order valence-electron chi connectivity index (χ1n) is 7.33. The molecule has 0 atom stereocenters. The molecule has 0 aliphatic rings. The van der Waals surface area contributed by atoms with Gasteiger partial charge in [-0.1, -0.05) is 12.1 Å². The number of methoxy groups -OCH3 is 1. The van der Waals surface area contributed by atoms with Gasteiger partial charge in [0.1, 0.15) is 5.75 Å². The van der Waals surface area contributed by atoms with Crippen LogP contribution in [0.2, 0.25) is 0 Å². The number of hydrogen-bond donors (Lipinski definition) is 1. The molecule has 0 saturated carbocycles. The van der Waals surface area contributed by atoms with E-state index in [0.717, 1.165) is 17.9 Å². The van der Waals surface area contributed by atoms with Gasteiger partial charge >= 0.3 is 0 Å². The molecule has 0 amide bonds. The minimum Gasteiger partial charge on any atom is -0.497 e. The van der Waals surface area contributed by atoms with Crippen molar-refractivity contribution in [3.63, 3.8) is 0 Å². The highest BCUT2D eigenvalue weighted by molar-refractivity contribution is 5.54. The van der Waals surface area contributed by atoms with Gasteiger partial charge in [-0.25, -0.2) is 0 Å². The van der Waals surface area contributed by atoms with Crippen molar-refractivity contribution in [2.24, 2.45) is 0 Å². The predicted octanol–water partition coefficient (Wildman–Crippen LogP) is 2.34. The molecule has 2 aromatic rings. The fraction of sp³-hybridized carbons (Fsp3) is 0.500. The van der Waals surface area contributed by atoms with Crippen LogP contribution in [0.4, 0.5) is 0 Å². The zero-order valence-corrected chi connectivity index (χ0v) is 13.5. The van der Waals surface area contributed by atoms with E-state index >= 15 is 0 Å². The summed E-state index contributed by atoms with van der Waals surface area (Å²) >= 11 is 0. The lowest BCUT2D eigenvalue weighted by Gasteiger charge is -2.26. The van der Waals surface area contributed by atoms with Gasteiger partial charge in [0, 0.05) is 12.1 Å². The fourth-order valence-electron chi connectivity index (χ4n) is 2.20. The average molecular weight is 305 g/mol. The molecule has 120 valence electrons. The Morgan fingerprint density at radius 2 is 1.95 bits per heavy atom. The van der Waals surface area contributed by atoms with E-state index in [0.29, 0.717) is 24.8 Å². The number of aliphatic hydroxyl groups is 1. The molecule has 0 radical (unpaired) electrons. The van der Waals surface area contributed by atoms with Crippen LogP contribution in [-0.4, -0.2) is 45.9 Å². The summed E-state index contributed by atoms with van der Waals surface area (Å²) in [7, 11) is 1.63. The van der Waals surface area contributed by atoms with Crippen molar-refractivity contribution in [3.8, 4) is 17.2 Å². The number of benzene rings is 1. The van der Waals surface area contributed by atoms with E-state index < -0.39 is 5.60 Å². The van der Waals surface area contributed by atoms with E-state index in [2.05, 4.69) is 15.0 Å². The number of rotatable bonds is 7. The van der Waals surface area contributed by atoms with Crippen molar-refractivity contribution >= 4 is 0 Å². The molecule has 0 fully saturated rings. The van der Waals surface area contributed by atoms with Crippen molar-refractivity contribution in [2.45, 2.75) is 32.9 Å². The Hall–Kier alpha value is -1.92. The number of hydrogen-bond acceptors (Lipinski definition) is 6. The maximum absolute atomic E-state index is 9.91. The lowest BCUT2D eigenvalue weighted by Crippen LogP contribution is -2.38. The van der Waals surface area contributed by atoms with Gasteiger partial charge in [-0.2, -0.15) is 4.98 Å². The summed E-state index contributed by atoms with van der Waals surface area (Å²) < 4.78 is 10.4. The molecule has 0 unspecified atom stereocenters. The van der Waals surface area contributed by atoms with E-state index in [-0.39, 0.29) is 0 Å². The van der Waals surface area contributed by atoms with Gasteiger partial charge in [-0.05, 0) is 44.7 Å². The van der Waals surface area contributed by atoms with Crippen LogP contribution in [0.15, 0.2) is 28.8 Å². The highest BCUT2D eigenvalue weighted by Crippen LogP contribution is 2.21. The zero-order chi connectivity index (χ0) is 16.2. The van der Waals surface area contributed by atoms with Crippen molar-refractivity contribution < 1.29 is 14.4 Å². The number of ether oxygens (including phenoxy) is 1. The molecule has 0 bridgehead atoms. The van der Waals surface area contributed by atoms with E-state index in [1.54, 1.807) is 21.0 Å². The van der Waals surface area contributed by atoms with E-state index in [1.165, 1.54) is 0 Å². The van der Waals surface area contributed by atoms with E-state index in [9.17, 15) is 5.11 Å². The Bertz CT molecular complexity index is 587. The molecule has 0 spiro atoms. The Balaban J connectivity index is 2.06. The third-order valence-corrected chi connectivity index (χ3v) is 3.23. The van der Waals surface area contributed by atoms with Crippen LogP contribution < -0.4 is 4.74 Å². The van der Waals surface area contributed by atoms with Crippen LogP contribution in [0.1, 0.15) is 26.6 Å². The Morgan fingerprint density at radius 3 is 2.50 bits per heavy atom. The van der Waals surface area contributed by atoms with Crippen molar-refractivity contribution in [1.29, 1.82) is 0 Å². The van der Waals surface area contributed by atoms with Gasteiger partial charge in [-0.3, -0.25) is 4.90 Å². The first-order valence-corrected chi connectivity index (χ1v) is 7.33. The summed E-state index contributed by atoms with van der Waals surface area (Å²) in [4.78, 5) is 6.48. The van der Waals surface area contributed by atoms with Crippen molar-refractivity contribution in [2.75, 3.05) is 20.2 Å². The van der Waals surface area contributed by atoms with Gasteiger partial charge in [0.15, 0.2) is 5.82 Å². The Kier molecular flexibility index (Phi) is 5.15. The predicted molar refractivity (Wildman–Crippen MR) is 83.5 cm³/mol. The first kappa shape index (κ1) is 16.5. The molecule has 1 aromatic carbocycles. The topological polar surface area (TPSA) is 71.6 Å². The monoisotopic (exact) mass is 305 g/mol. The second kappa shape index (κ2) is 6.89. The number of aromatic nitrogens is 2. The minimum atomic E-state index is -0.751. The van der Waals surface area contributed by atoms with E-state index in [1.807, 2.05) is 31.2 Å². The van der Waals surface area contributed by atoms with Crippen LogP contribution >= 0.6 is 0 Å². The molecule has 0 aliphatic heterocycles. The Labute approximate surface area is 130 Å². The Morgan fingerprint density at radius 1 is 1.27 bits per heavy atom. The third kappa shape index (κ3) is 4.54. The molecule has 22 heavy (non-hydrogen) atoms. The van der Waals surface area contributed by atoms with E-state index in [4.69, 9.17) is 9.26 Å². The molecule has 1 aromatic heterocycles. The van der Waals surface area contributed by atoms with Crippen LogP contribution in [-0.2, 0) is 6.54 Å². The summed E-state index contributed by atoms with van der Waals surface area (Å²) in [6.07, 6.45) is 0. The molecule has 0 saturated heterocycles. The van der Waals surface area contributed by atoms with Gasteiger partial charge in [0.05, 0.1) is 19.3 Å². The summed E-state index contributed by atoms with van der Waals surface area (Å²) in [5.74, 6) is 1.87. The van der Waals surface area contributed by atoms with Crippen molar-refractivity contribution in [3.05, 3.63) is 30.1 Å². The lowest BCUT2D eigenvalue weighted by molar-refractivity contribution is 0.0343. The highest BCUT2D eigenvalue weighted by atomic mass is 16.5. The molecule has 6 nitrogen and oxygen atoms in total. The maximum Gasteiger partial charge on any atom is 0.257 e.